The first-order chi connectivity index (χ1) is 12.1. The lowest BCUT2D eigenvalue weighted by atomic mass is 10.1. The molecule has 0 heterocycles. The molecule has 8 heteroatoms. The van der Waals surface area contributed by atoms with E-state index < -0.39 is 39.3 Å². The van der Waals surface area contributed by atoms with Crippen molar-refractivity contribution in [3.8, 4) is 0 Å². The van der Waals surface area contributed by atoms with Gasteiger partial charge in [0.15, 0.2) is 0 Å². The lowest BCUT2D eigenvalue weighted by Crippen LogP contribution is -2.47. The van der Waals surface area contributed by atoms with E-state index in [0.29, 0.717) is 5.69 Å². The first kappa shape index (κ1) is 19.8. The van der Waals surface area contributed by atoms with Crippen molar-refractivity contribution < 1.29 is 22.0 Å². The molecule has 2 aromatic rings. The van der Waals surface area contributed by atoms with Gasteiger partial charge in [-0.15, -0.1) is 0 Å². The van der Waals surface area contributed by atoms with E-state index in [-0.39, 0.29) is 6.42 Å². The maximum Gasteiger partial charge on any atom is 0.248 e. The van der Waals surface area contributed by atoms with Crippen LogP contribution in [0.3, 0.4) is 0 Å². The molecule has 0 radical (unpaired) electrons. The summed E-state index contributed by atoms with van der Waals surface area (Å²) in [5.41, 5.74) is 0.621. The minimum atomic E-state index is -3.81. The van der Waals surface area contributed by atoms with Gasteiger partial charge in [-0.25, -0.2) is 17.2 Å². The molecule has 140 valence electrons. The van der Waals surface area contributed by atoms with Crippen LogP contribution in [-0.4, -0.2) is 26.6 Å². The fourth-order valence-electron chi connectivity index (χ4n) is 2.58. The van der Waals surface area contributed by atoms with Crippen LogP contribution in [-0.2, 0) is 14.8 Å². The van der Waals surface area contributed by atoms with E-state index in [0.717, 1.165) is 28.3 Å². The number of nitrogens with one attached hydrogen (secondary N) is 1. The van der Waals surface area contributed by atoms with Crippen LogP contribution in [0.15, 0.2) is 42.5 Å². The fourth-order valence-corrected chi connectivity index (χ4v) is 3.79. The number of benzene rings is 2. The zero-order valence-electron chi connectivity index (χ0n) is 14.7. The molecule has 0 bridgehead atoms. The summed E-state index contributed by atoms with van der Waals surface area (Å²) in [5.74, 6) is -2.69. The number of sulfonamides is 1. The van der Waals surface area contributed by atoms with E-state index >= 15 is 0 Å². The van der Waals surface area contributed by atoms with Gasteiger partial charge in [0.1, 0.15) is 23.4 Å². The standard InChI is InChI=1S/C18H20F2N2O3S/c1-4-16(18(23)21-17-14(19)6-5-7-15(17)20)22(26(3,24)25)13-10-8-12(2)9-11-13/h5-11,16H,4H2,1-3H3,(H,21,23)/t16-/m0/s1. The van der Waals surface area contributed by atoms with Gasteiger partial charge in [-0.05, 0) is 37.6 Å². The van der Waals surface area contributed by atoms with Gasteiger partial charge < -0.3 is 5.32 Å². The van der Waals surface area contributed by atoms with Crippen molar-refractivity contribution in [3.05, 3.63) is 59.7 Å². The summed E-state index contributed by atoms with van der Waals surface area (Å²) in [4.78, 5) is 12.6. The Balaban J connectivity index is 2.41. The van der Waals surface area contributed by atoms with Crippen molar-refractivity contribution in [2.45, 2.75) is 26.3 Å². The number of para-hydroxylation sites is 1. The van der Waals surface area contributed by atoms with Crippen LogP contribution in [0.4, 0.5) is 20.2 Å². The molecule has 0 aliphatic heterocycles. The molecule has 5 nitrogen and oxygen atoms in total. The van der Waals surface area contributed by atoms with Crippen molar-refractivity contribution >= 4 is 27.3 Å². The highest BCUT2D eigenvalue weighted by molar-refractivity contribution is 7.92. The summed E-state index contributed by atoms with van der Waals surface area (Å²) in [7, 11) is -3.81. The van der Waals surface area contributed by atoms with E-state index in [4.69, 9.17) is 0 Å². The molecule has 26 heavy (non-hydrogen) atoms. The lowest BCUT2D eigenvalue weighted by Gasteiger charge is -2.30. The van der Waals surface area contributed by atoms with E-state index in [2.05, 4.69) is 5.32 Å². The number of carbonyl (C=O) groups excluding carboxylic acids is 1. The third-order valence-electron chi connectivity index (χ3n) is 3.83. The molecule has 0 saturated heterocycles. The molecule has 2 rings (SSSR count). The van der Waals surface area contributed by atoms with E-state index in [1.54, 1.807) is 31.2 Å². The van der Waals surface area contributed by atoms with Crippen LogP contribution >= 0.6 is 0 Å². The van der Waals surface area contributed by atoms with Crippen molar-refractivity contribution in [3.63, 3.8) is 0 Å². The Hall–Kier alpha value is -2.48. The zero-order valence-corrected chi connectivity index (χ0v) is 15.5. The molecule has 0 aromatic heterocycles. The molecule has 1 amide bonds. The van der Waals surface area contributed by atoms with Gasteiger partial charge in [-0.2, -0.15) is 0 Å². The van der Waals surface area contributed by atoms with Crippen LogP contribution < -0.4 is 9.62 Å². The fraction of sp³-hybridized carbons (Fsp3) is 0.278. The summed E-state index contributed by atoms with van der Waals surface area (Å²) >= 11 is 0. The highest BCUT2D eigenvalue weighted by Crippen LogP contribution is 2.25. The quantitative estimate of drug-likeness (QED) is 0.832. The second-order valence-electron chi connectivity index (χ2n) is 5.90. The Kier molecular flexibility index (Phi) is 5.97. The molecule has 0 aliphatic carbocycles. The molecule has 0 unspecified atom stereocenters. The average Bonchev–Trinajstić information content (AvgIpc) is 2.56. The third kappa shape index (κ3) is 4.37. The first-order valence-electron chi connectivity index (χ1n) is 7.96. The molecule has 0 aliphatic rings. The highest BCUT2D eigenvalue weighted by Gasteiger charge is 2.32. The number of amides is 1. The number of anilines is 2. The topological polar surface area (TPSA) is 66.5 Å². The van der Waals surface area contributed by atoms with Gasteiger partial charge >= 0.3 is 0 Å². The minimum Gasteiger partial charge on any atom is -0.319 e. The summed E-state index contributed by atoms with van der Waals surface area (Å²) in [6.07, 6.45) is 1.09. The Labute approximate surface area is 151 Å². The number of rotatable bonds is 6. The van der Waals surface area contributed by atoms with Crippen molar-refractivity contribution in [1.82, 2.24) is 0 Å². The third-order valence-corrected chi connectivity index (χ3v) is 5.01. The second-order valence-corrected chi connectivity index (χ2v) is 7.76. The summed E-state index contributed by atoms with van der Waals surface area (Å²) in [6, 6.07) is 8.62. The van der Waals surface area contributed by atoms with Crippen molar-refractivity contribution in [1.29, 1.82) is 0 Å². The van der Waals surface area contributed by atoms with Crippen molar-refractivity contribution in [2.75, 3.05) is 15.9 Å². The largest absolute Gasteiger partial charge is 0.319 e. The Morgan fingerprint density at radius 2 is 1.65 bits per heavy atom. The summed E-state index contributed by atoms with van der Waals surface area (Å²) in [5, 5.41) is 2.17. The maximum atomic E-state index is 13.8. The summed E-state index contributed by atoms with van der Waals surface area (Å²) < 4.78 is 53.2. The maximum absolute atomic E-state index is 13.8. The second kappa shape index (κ2) is 7.82. The monoisotopic (exact) mass is 382 g/mol. The Morgan fingerprint density at radius 1 is 1.12 bits per heavy atom. The Bertz CT molecular complexity index is 879. The average molecular weight is 382 g/mol. The van der Waals surface area contributed by atoms with Gasteiger partial charge in [-0.3, -0.25) is 9.10 Å². The predicted molar refractivity (Wildman–Crippen MR) is 97.6 cm³/mol. The van der Waals surface area contributed by atoms with Gasteiger partial charge in [0.05, 0.1) is 11.9 Å². The Morgan fingerprint density at radius 3 is 2.12 bits per heavy atom. The molecule has 2 aromatic carbocycles. The van der Waals surface area contributed by atoms with Crippen molar-refractivity contribution in [2.24, 2.45) is 0 Å². The number of hydrogen-bond donors (Lipinski definition) is 1. The molecule has 0 fully saturated rings. The van der Waals surface area contributed by atoms with Crippen LogP contribution in [0.2, 0.25) is 0 Å². The van der Waals surface area contributed by atoms with Gasteiger partial charge in [0.25, 0.3) is 0 Å². The lowest BCUT2D eigenvalue weighted by molar-refractivity contribution is -0.117. The smallest absolute Gasteiger partial charge is 0.248 e. The van der Waals surface area contributed by atoms with Gasteiger partial charge in [0.2, 0.25) is 15.9 Å². The predicted octanol–water partition coefficient (Wildman–Crippen LogP) is 3.46. The molecule has 0 saturated carbocycles. The highest BCUT2D eigenvalue weighted by atomic mass is 32.2. The molecule has 0 spiro atoms. The molecular weight excluding hydrogens is 362 g/mol. The van der Waals surface area contributed by atoms with Gasteiger partial charge in [-0.1, -0.05) is 30.7 Å². The molecular formula is C18H20F2N2O3S. The van der Waals surface area contributed by atoms with Crippen LogP contribution in [0.25, 0.3) is 0 Å². The number of hydrogen-bond acceptors (Lipinski definition) is 3. The zero-order chi connectivity index (χ0) is 19.5. The van der Waals surface area contributed by atoms with E-state index in [9.17, 15) is 22.0 Å². The van der Waals surface area contributed by atoms with E-state index in [1.165, 1.54) is 6.07 Å². The number of nitrogens with zero attached hydrogens (tertiary/aromatic N) is 1. The normalized spacial score (nSPS) is 12.5. The SMILES string of the molecule is CC[C@@H](C(=O)Nc1c(F)cccc1F)N(c1ccc(C)cc1)S(C)(=O)=O. The minimum absolute atomic E-state index is 0.114. The number of halogens is 2. The first-order valence-corrected chi connectivity index (χ1v) is 9.81. The summed E-state index contributed by atoms with van der Waals surface area (Å²) in [6.45, 7) is 3.47. The molecule has 1 N–H and O–H groups in total. The van der Waals surface area contributed by atoms with Crippen LogP contribution in [0.1, 0.15) is 18.9 Å². The van der Waals surface area contributed by atoms with Gasteiger partial charge in [0, 0.05) is 0 Å². The molecule has 1 atom stereocenters. The number of aryl methyl sites for hydroxylation is 1. The number of carbonyl (C=O) groups is 1. The van der Waals surface area contributed by atoms with Crippen LogP contribution in [0, 0.1) is 18.6 Å². The van der Waals surface area contributed by atoms with Crippen LogP contribution in [0.5, 0.6) is 0 Å². The van der Waals surface area contributed by atoms with E-state index in [1.807, 2.05) is 6.92 Å².